The lowest BCUT2D eigenvalue weighted by molar-refractivity contribution is -0.0435. The number of nitrogens with one attached hydrogen (secondary N) is 2. The number of thioether (sulfide) groups is 1. The van der Waals surface area contributed by atoms with E-state index in [1.54, 1.807) is 19.2 Å². The summed E-state index contributed by atoms with van der Waals surface area (Å²) in [6.45, 7) is 2.46. The van der Waals surface area contributed by atoms with Crippen LogP contribution in [0.3, 0.4) is 0 Å². The van der Waals surface area contributed by atoms with Crippen LogP contribution in [0.1, 0.15) is 54.1 Å². The SMILES string of the molecule is COC(c1ccccc1-c1ccc(Cl)cc1)C1CCN(c2ccc(C(=O)NS(=O)(=O)c3ccc(NC(CSc4ccccc4)C[C@H]4CCCN4CCO)c(S(=O)(=O)C(F)(F)F)c3)cc2)CC1. The molecular formula is C48H52ClF3N4O7S3. The van der Waals surface area contributed by atoms with Gasteiger partial charge in [-0.1, -0.05) is 66.2 Å². The maximum Gasteiger partial charge on any atom is 0.501 e. The Labute approximate surface area is 393 Å². The number of sulfone groups is 1. The number of aliphatic hydroxyl groups excluding tert-OH is 1. The molecule has 11 nitrogen and oxygen atoms in total. The zero-order valence-electron chi connectivity index (χ0n) is 36.2. The topological polar surface area (TPSA) is 145 Å². The second-order valence-electron chi connectivity index (χ2n) is 16.4. The third-order valence-corrected chi connectivity index (χ3v) is 16.5. The zero-order valence-corrected chi connectivity index (χ0v) is 39.4. The van der Waals surface area contributed by atoms with E-state index in [9.17, 15) is 39.9 Å². The van der Waals surface area contributed by atoms with Crippen LogP contribution < -0.4 is 14.9 Å². The van der Waals surface area contributed by atoms with Crippen molar-refractivity contribution in [1.82, 2.24) is 9.62 Å². The smallest absolute Gasteiger partial charge is 0.395 e. The summed E-state index contributed by atoms with van der Waals surface area (Å²) in [6, 6.07) is 33.3. The molecule has 5 aromatic rings. The van der Waals surface area contributed by atoms with Crippen LogP contribution in [0.4, 0.5) is 24.5 Å². The number of nitrogens with zero attached hydrogens (tertiary/aromatic N) is 2. The van der Waals surface area contributed by atoms with Gasteiger partial charge in [0.1, 0.15) is 4.90 Å². The molecular weight excluding hydrogens is 933 g/mol. The molecule has 3 N–H and O–H groups in total. The average Bonchev–Trinajstić information content (AvgIpc) is 3.75. The number of halogens is 4. The highest BCUT2D eigenvalue weighted by Crippen LogP contribution is 2.40. The molecule has 0 saturated carbocycles. The number of likely N-dealkylation sites (tertiary alicyclic amines) is 1. The summed E-state index contributed by atoms with van der Waals surface area (Å²) < 4.78 is 104. The Hall–Kier alpha value is -4.62. The molecule has 5 aromatic carbocycles. The van der Waals surface area contributed by atoms with E-state index in [0.717, 1.165) is 71.6 Å². The number of methoxy groups -OCH3 is 1. The van der Waals surface area contributed by atoms with Gasteiger partial charge in [-0.3, -0.25) is 9.69 Å². The van der Waals surface area contributed by atoms with Gasteiger partial charge in [-0.2, -0.15) is 13.2 Å². The van der Waals surface area contributed by atoms with E-state index in [4.69, 9.17) is 16.3 Å². The van der Waals surface area contributed by atoms with Crippen molar-refractivity contribution < 1.29 is 44.6 Å². The molecule has 2 saturated heterocycles. The van der Waals surface area contributed by atoms with E-state index in [1.165, 1.54) is 23.9 Å². The highest BCUT2D eigenvalue weighted by molar-refractivity contribution is 7.99. The quantitative estimate of drug-likeness (QED) is 0.0723. The summed E-state index contributed by atoms with van der Waals surface area (Å²) in [6.07, 6.45) is 3.51. The van der Waals surface area contributed by atoms with Crippen molar-refractivity contribution in [2.75, 3.05) is 55.9 Å². The second-order valence-corrected chi connectivity index (χ2v) is 21.5. The number of ether oxygens (including phenoxy) is 1. The van der Waals surface area contributed by atoms with Crippen LogP contribution in [0.5, 0.6) is 0 Å². The van der Waals surface area contributed by atoms with Gasteiger partial charge < -0.3 is 20.1 Å². The molecule has 352 valence electrons. The molecule has 0 bridgehead atoms. The van der Waals surface area contributed by atoms with Crippen molar-refractivity contribution in [1.29, 1.82) is 0 Å². The highest BCUT2D eigenvalue weighted by atomic mass is 35.5. The molecule has 0 radical (unpaired) electrons. The van der Waals surface area contributed by atoms with Crippen molar-refractivity contribution in [2.45, 2.75) is 70.5 Å². The van der Waals surface area contributed by atoms with Crippen LogP contribution in [0.15, 0.2) is 136 Å². The lowest BCUT2D eigenvalue weighted by atomic mass is 9.84. The van der Waals surface area contributed by atoms with Gasteiger partial charge in [0.05, 0.1) is 23.3 Å². The Morgan fingerprint density at radius 1 is 0.879 bits per heavy atom. The second kappa shape index (κ2) is 21.6. The van der Waals surface area contributed by atoms with Gasteiger partial charge in [-0.25, -0.2) is 21.6 Å². The van der Waals surface area contributed by atoms with Gasteiger partial charge in [0, 0.05) is 65.7 Å². The minimum absolute atomic E-state index is 0.0298. The van der Waals surface area contributed by atoms with E-state index in [0.29, 0.717) is 42.9 Å². The number of carbonyl (C=O) groups excluding carboxylic acids is 1. The van der Waals surface area contributed by atoms with E-state index in [-0.39, 0.29) is 30.2 Å². The fraction of sp³-hybridized carbons (Fsp3) is 0.354. The summed E-state index contributed by atoms with van der Waals surface area (Å²) >= 11 is 7.58. The first-order valence-electron chi connectivity index (χ1n) is 21.6. The van der Waals surface area contributed by atoms with Crippen molar-refractivity contribution in [2.24, 2.45) is 5.92 Å². The number of amides is 1. The number of sulfonamides is 1. The van der Waals surface area contributed by atoms with Crippen LogP contribution in [0.2, 0.25) is 5.02 Å². The van der Waals surface area contributed by atoms with Gasteiger partial charge >= 0.3 is 5.51 Å². The number of carbonyl (C=O) groups is 1. The molecule has 2 unspecified atom stereocenters. The third-order valence-electron chi connectivity index (χ3n) is 12.2. The number of piperidine rings is 1. The predicted molar refractivity (Wildman–Crippen MR) is 253 cm³/mol. The molecule has 2 aliphatic heterocycles. The third kappa shape index (κ3) is 11.7. The van der Waals surface area contributed by atoms with Crippen LogP contribution in [0, 0.1) is 5.92 Å². The Morgan fingerprint density at radius 2 is 1.56 bits per heavy atom. The fourth-order valence-electron chi connectivity index (χ4n) is 8.89. The van der Waals surface area contributed by atoms with Crippen LogP contribution in [-0.2, 0) is 24.6 Å². The number of hydrogen-bond donors (Lipinski definition) is 3. The van der Waals surface area contributed by atoms with Gasteiger partial charge in [0.2, 0.25) is 0 Å². The lowest BCUT2D eigenvalue weighted by Crippen LogP contribution is -2.38. The molecule has 1 amide bonds. The summed E-state index contributed by atoms with van der Waals surface area (Å²) in [5.74, 6) is -0.500. The van der Waals surface area contributed by atoms with Gasteiger partial charge in [-0.15, -0.1) is 11.8 Å². The molecule has 0 spiro atoms. The summed E-state index contributed by atoms with van der Waals surface area (Å²) in [5.41, 5.74) is -2.22. The Kier molecular flexibility index (Phi) is 16.1. The fourth-order valence-corrected chi connectivity index (χ4v) is 12.0. The Balaban J connectivity index is 1.04. The maximum atomic E-state index is 14.2. The molecule has 0 aliphatic carbocycles. The van der Waals surface area contributed by atoms with E-state index in [1.807, 2.05) is 71.5 Å². The minimum Gasteiger partial charge on any atom is -0.395 e. The predicted octanol–water partition coefficient (Wildman–Crippen LogP) is 9.44. The minimum atomic E-state index is -6.09. The number of anilines is 2. The number of aliphatic hydroxyl groups is 1. The van der Waals surface area contributed by atoms with E-state index >= 15 is 0 Å². The Morgan fingerprint density at radius 3 is 2.23 bits per heavy atom. The summed E-state index contributed by atoms with van der Waals surface area (Å²) in [5, 5.41) is 13.3. The van der Waals surface area contributed by atoms with Crippen LogP contribution in [-0.4, -0.2) is 96.0 Å². The van der Waals surface area contributed by atoms with Crippen molar-refractivity contribution in [3.63, 3.8) is 0 Å². The number of rotatable bonds is 18. The maximum absolute atomic E-state index is 14.2. The summed E-state index contributed by atoms with van der Waals surface area (Å²) in [4.78, 5) is 16.4. The molecule has 7 rings (SSSR count). The molecule has 2 heterocycles. The van der Waals surface area contributed by atoms with E-state index < -0.39 is 52.8 Å². The highest BCUT2D eigenvalue weighted by Gasteiger charge is 2.48. The zero-order chi connectivity index (χ0) is 47.1. The molecule has 0 aromatic heterocycles. The van der Waals surface area contributed by atoms with Crippen LogP contribution >= 0.6 is 23.4 Å². The molecule has 3 atom stereocenters. The monoisotopic (exact) mass is 984 g/mol. The van der Waals surface area contributed by atoms with Gasteiger partial charge in [0.15, 0.2) is 0 Å². The molecule has 2 aliphatic rings. The lowest BCUT2D eigenvalue weighted by Gasteiger charge is -2.37. The van der Waals surface area contributed by atoms with E-state index in [2.05, 4.69) is 27.2 Å². The normalized spacial score (nSPS) is 17.4. The molecule has 18 heteroatoms. The van der Waals surface area contributed by atoms with Crippen molar-refractivity contribution in [3.8, 4) is 11.1 Å². The number of hydrogen-bond acceptors (Lipinski definition) is 11. The molecule has 2 fully saturated rings. The largest absolute Gasteiger partial charge is 0.501 e. The van der Waals surface area contributed by atoms with Gasteiger partial charge in [0.25, 0.3) is 25.8 Å². The first-order chi connectivity index (χ1) is 31.6. The average molecular weight is 986 g/mol. The van der Waals surface area contributed by atoms with Gasteiger partial charge in [-0.05, 0) is 128 Å². The molecule has 66 heavy (non-hydrogen) atoms. The first-order valence-corrected chi connectivity index (χ1v) is 26.0. The number of benzene rings is 5. The summed E-state index contributed by atoms with van der Waals surface area (Å²) in [7, 11) is -9.25. The number of β-amino-alcohol motifs (C(OH)–C–C–N with tert-alkyl or cyclic N) is 1. The van der Waals surface area contributed by atoms with Crippen molar-refractivity contribution in [3.05, 3.63) is 137 Å². The number of alkyl halides is 3. The standard InChI is InChI=1S/C48H52ClF3N4O7S3/c1-63-46(43-12-6-5-11-42(43)33-13-17-36(49)18-14-33)34-23-26-56(27-24-34)38-19-15-35(16-20-38)47(58)54-66(61,62)41-21-22-44(45(31-41)65(59,60)48(50,51)52)53-37(32-64-40-9-3-2-4-10-40)30-39-8-7-25-55(39)28-29-57/h2-6,9-22,31,34,37,39,46,53,57H,7-8,23-30,32H2,1H3,(H,54,58)/t37?,39-,46?/m1/s1. The Bertz CT molecular complexity index is 2660. The van der Waals surface area contributed by atoms with Crippen LogP contribution in [0.25, 0.3) is 11.1 Å². The van der Waals surface area contributed by atoms with Crippen molar-refractivity contribution >= 4 is 60.5 Å². The first kappa shape index (κ1) is 49.3.